The van der Waals surface area contributed by atoms with E-state index in [1.807, 2.05) is 37.3 Å². The van der Waals surface area contributed by atoms with Gasteiger partial charge in [-0.1, -0.05) is 90.3 Å². The number of aromatic carboxylic acids is 1. The van der Waals surface area contributed by atoms with Crippen LogP contribution in [-0.2, 0) is 20.9 Å². The summed E-state index contributed by atoms with van der Waals surface area (Å²) in [6, 6.07) is 21.2. The molecule has 39 heavy (non-hydrogen) atoms. The van der Waals surface area contributed by atoms with Crippen LogP contribution in [0.1, 0.15) is 46.4 Å². The highest BCUT2D eigenvalue weighted by Gasteiger charge is 2.39. The Morgan fingerprint density at radius 2 is 1.69 bits per heavy atom. The molecule has 4 atom stereocenters. The number of anilines is 1. The molecular weight excluding hydrogens is 585 g/mol. The van der Waals surface area contributed by atoms with Crippen molar-refractivity contribution in [2.45, 2.75) is 40.7 Å². The van der Waals surface area contributed by atoms with Crippen molar-refractivity contribution in [3.8, 4) is 0 Å². The molecule has 1 amide bonds. The Hall–Kier alpha value is -2.30. The van der Waals surface area contributed by atoms with E-state index in [2.05, 4.69) is 5.32 Å². The van der Waals surface area contributed by atoms with Crippen LogP contribution in [0, 0.1) is 5.92 Å². The molecule has 0 unspecified atom stereocenters. The van der Waals surface area contributed by atoms with Crippen molar-refractivity contribution in [3.63, 3.8) is 0 Å². The maximum Gasteiger partial charge on any atom is 0.336 e. The molecule has 0 spiro atoms. The fraction of sp³-hybridized carbons (Fsp3) is 0.286. The second-order valence-electron chi connectivity index (χ2n) is 9.01. The van der Waals surface area contributed by atoms with Gasteiger partial charge in [0.05, 0.1) is 24.4 Å². The molecule has 0 bridgehead atoms. The minimum Gasteiger partial charge on any atom is -0.478 e. The average molecular weight is 611 g/mol. The van der Waals surface area contributed by atoms with Gasteiger partial charge < -0.3 is 25.0 Å². The standard InChI is InChI=1S/C28H26Cl3NO6S/c1-16-22(15-39-23-8-3-2-7-21(23)25(34)35)37-26(38-24(16)18-11-9-17(14-33)10-12-18)19-5-4-6-20(13-19)32-27(36)28(29,30)31/h2-13,16,22,24,26,33H,14-15H2,1H3,(H,32,36)(H,34,35)/t16-,22+,24+,26+/m1/s1. The Bertz CT molecular complexity index is 1320. The van der Waals surface area contributed by atoms with Gasteiger partial charge in [0.2, 0.25) is 0 Å². The van der Waals surface area contributed by atoms with E-state index >= 15 is 0 Å². The Labute approximate surface area is 245 Å². The van der Waals surface area contributed by atoms with Crippen molar-refractivity contribution in [2.24, 2.45) is 5.92 Å². The van der Waals surface area contributed by atoms with Crippen LogP contribution in [0.5, 0.6) is 0 Å². The SMILES string of the molecule is C[C@@H]1[C@H](CSc2ccccc2C(=O)O)O[C@H](c2cccc(NC(=O)C(Cl)(Cl)Cl)c2)O[C@@H]1c1ccc(CO)cc1. The van der Waals surface area contributed by atoms with Crippen molar-refractivity contribution in [2.75, 3.05) is 11.1 Å². The van der Waals surface area contributed by atoms with Crippen LogP contribution in [0.25, 0.3) is 0 Å². The third-order valence-electron chi connectivity index (χ3n) is 6.32. The van der Waals surface area contributed by atoms with Crippen molar-refractivity contribution < 1.29 is 29.3 Å². The first-order chi connectivity index (χ1) is 18.6. The van der Waals surface area contributed by atoms with E-state index in [1.165, 1.54) is 11.8 Å². The monoisotopic (exact) mass is 609 g/mol. The predicted octanol–water partition coefficient (Wildman–Crippen LogP) is 6.77. The Morgan fingerprint density at radius 3 is 2.36 bits per heavy atom. The molecular formula is C28H26Cl3NO6S. The van der Waals surface area contributed by atoms with E-state index in [4.69, 9.17) is 44.3 Å². The number of halogens is 3. The highest BCUT2D eigenvalue weighted by molar-refractivity contribution is 7.99. The topological polar surface area (TPSA) is 105 Å². The van der Waals surface area contributed by atoms with E-state index in [0.29, 0.717) is 21.9 Å². The smallest absolute Gasteiger partial charge is 0.336 e. The first-order valence-electron chi connectivity index (χ1n) is 12.0. The average Bonchev–Trinajstić information content (AvgIpc) is 2.92. The molecule has 1 heterocycles. The molecule has 7 nitrogen and oxygen atoms in total. The zero-order valence-corrected chi connectivity index (χ0v) is 23.8. The Morgan fingerprint density at radius 1 is 0.974 bits per heavy atom. The number of alkyl halides is 3. The van der Waals surface area contributed by atoms with Crippen LogP contribution < -0.4 is 5.32 Å². The lowest BCUT2D eigenvalue weighted by atomic mass is 9.91. The number of aliphatic hydroxyl groups is 1. The quantitative estimate of drug-likeness (QED) is 0.191. The number of ether oxygens (including phenoxy) is 2. The number of thioether (sulfide) groups is 1. The number of nitrogens with one attached hydrogen (secondary N) is 1. The molecule has 0 aromatic heterocycles. The molecule has 1 aliphatic rings. The highest BCUT2D eigenvalue weighted by Crippen LogP contribution is 2.43. The molecule has 3 aromatic carbocycles. The molecule has 0 radical (unpaired) electrons. The lowest BCUT2D eigenvalue weighted by Gasteiger charge is -2.41. The van der Waals surface area contributed by atoms with Crippen LogP contribution in [0.15, 0.2) is 77.7 Å². The van der Waals surface area contributed by atoms with Gasteiger partial charge >= 0.3 is 5.97 Å². The van der Waals surface area contributed by atoms with E-state index in [0.717, 1.165) is 11.1 Å². The number of carboxylic acids is 1. The molecule has 206 valence electrons. The van der Waals surface area contributed by atoms with E-state index < -0.39 is 22.0 Å². The van der Waals surface area contributed by atoms with Gasteiger partial charge in [0, 0.05) is 27.8 Å². The highest BCUT2D eigenvalue weighted by atomic mass is 35.6. The summed E-state index contributed by atoms with van der Waals surface area (Å²) in [6.07, 6.45) is -1.48. The number of hydrogen-bond donors (Lipinski definition) is 3. The zero-order chi connectivity index (χ0) is 28.2. The summed E-state index contributed by atoms with van der Waals surface area (Å²) in [6.45, 7) is 1.95. The van der Waals surface area contributed by atoms with Crippen molar-refractivity contribution in [1.82, 2.24) is 0 Å². The predicted molar refractivity (Wildman–Crippen MR) is 152 cm³/mol. The summed E-state index contributed by atoms with van der Waals surface area (Å²) in [5.41, 5.74) is 2.97. The third kappa shape index (κ3) is 7.46. The minimum atomic E-state index is -2.12. The van der Waals surface area contributed by atoms with Crippen LogP contribution >= 0.6 is 46.6 Å². The minimum absolute atomic E-state index is 0.0674. The summed E-state index contributed by atoms with van der Waals surface area (Å²) < 4.78 is 10.7. The van der Waals surface area contributed by atoms with Crippen LogP contribution in [0.3, 0.4) is 0 Å². The molecule has 3 aromatic rings. The second kappa shape index (κ2) is 12.9. The maximum absolute atomic E-state index is 12.2. The third-order valence-corrected chi connectivity index (χ3v) is 8.00. The van der Waals surface area contributed by atoms with Gasteiger partial charge in [0.1, 0.15) is 0 Å². The van der Waals surface area contributed by atoms with Gasteiger partial charge in [-0.3, -0.25) is 4.79 Å². The normalized spacial score (nSPS) is 21.4. The summed E-state index contributed by atoms with van der Waals surface area (Å²) in [5.74, 6) is -1.41. The molecule has 1 fully saturated rings. The first kappa shape index (κ1) is 29.7. The largest absolute Gasteiger partial charge is 0.478 e. The summed E-state index contributed by atoms with van der Waals surface area (Å²) in [4.78, 5) is 24.5. The lowest BCUT2D eigenvalue weighted by Crippen LogP contribution is -2.38. The van der Waals surface area contributed by atoms with Crippen molar-refractivity contribution in [3.05, 3.63) is 95.1 Å². The molecule has 1 aliphatic heterocycles. The number of rotatable bonds is 8. The van der Waals surface area contributed by atoms with E-state index in [9.17, 15) is 19.8 Å². The van der Waals surface area contributed by atoms with Crippen LogP contribution in [-0.4, -0.2) is 37.7 Å². The molecule has 4 rings (SSSR count). The van der Waals surface area contributed by atoms with E-state index in [1.54, 1.807) is 42.5 Å². The molecule has 11 heteroatoms. The Balaban J connectivity index is 1.61. The van der Waals surface area contributed by atoms with Gasteiger partial charge in [-0.15, -0.1) is 11.8 Å². The second-order valence-corrected chi connectivity index (χ2v) is 12.4. The van der Waals surface area contributed by atoms with Gasteiger partial charge in [0.15, 0.2) is 6.29 Å². The van der Waals surface area contributed by atoms with Gasteiger partial charge in [0.25, 0.3) is 9.70 Å². The number of carboxylic acid groups (broad SMARTS) is 1. The van der Waals surface area contributed by atoms with Gasteiger partial charge in [-0.25, -0.2) is 4.79 Å². The number of benzene rings is 3. The van der Waals surface area contributed by atoms with Crippen molar-refractivity contribution in [1.29, 1.82) is 0 Å². The summed E-state index contributed by atoms with van der Waals surface area (Å²) >= 11 is 18.5. The van der Waals surface area contributed by atoms with E-state index in [-0.39, 0.29) is 30.3 Å². The number of hydrogen-bond acceptors (Lipinski definition) is 6. The molecule has 3 N–H and O–H groups in total. The van der Waals surface area contributed by atoms with Gasteiger partial charge in [-0.2, -0.15) is 0 Å². The van der Waals surface area contributed by atoms with Crippen molar-refractivity contribution >= 4 is 64.1 Å². The maximum atomic E-state index is 12.2. The first-order valence-corrected chi connectivity index (χ1v) is 14.1. The van der Waals surface area contributed by atoms with Crippen LogP contribution in [0.2, 0.25) is 0 Å². The number of carbonyl (C=O) groups excluding carboxylic acids is 1. The Kier molecular flexibility index (Phi) is 9.82. The summed E-state index contributed by atoms with van der Waals surface area (Å²) in [7, 11) is 0. The van der Waals surface area contributed by atoms with Crippen LogP contribution in [0.4, 0.5) is 5.69 Å². The fourth-order valence-corrected chi connectivity index (χ4v) is 5.57. The molecule has 0 saturated carbocycles. The van der Waals surface area contributed by atoms with Gasteiger partial charge in [-0.05, 0) is 35.4 Å². The number of aliphatic hydroxyl groups excluding tert-OH is 1. The molecule has 0 aliphatic carbocycles. The summed E-state index contributed by atoms with van der Waals surface area (Å²) in [5, 5.41) is 21.6. The number of amides is 1. The zero-order valence-electron chi connectivity index (χ0n) is 20.7. The number of carbonyl (C=O) groups is 2. The lowest BCUT2D eigenvalue weighted by molar-refractivity contribution is -0.268. The fourth-order valence-electron chi connectivity index (χ4n) is 4.22. The molecule has 1 saturated heterocycles.